The minimum atomic E-state index is -0.369. The number of aromatic amines is 1. The van der Waals surface area contributed by atoms with Crippen molar-refractivity contribution < 1.29 is 9.47 Å². The first kappa shape index (κ1) is 20.6. The SMILES string of the molecule is CN(CCN1CCN(C2=COC(C3=CC=CCC3)=CO2)CC1)c1cn[nH]c(=O)c1Cl. The first-order chi connectivity index (χ1) is 14.6. The van der Waals surface area contributed by atoms with E-state index < -0.39 is 0 Å². The summed E-state index contributed by atoms with van der Waals surface area (Å²) >= 11 is 6.09. The second-order valence-electron chi connectivity index (χ2n) is 7.48. The van der Waals surface area contributed by atoms with Crippen LogP contribution in [0.5, 0.6) is 0 Å². The third-order valence-electron chi connectivity index (χ3n) is 5.53. The van der Waals surface area contributed by atoms with E-state index in [1.165, 1.54) is 0 Å². The monoisotopic (exact) mass is 431 g/mol. The summed E-state index contributed by atoms with van der Waals surface area (Å²) in [5.41, 5.74) is 1.44. The number of likely N-dealkylation sites (N-methyl/N-ethyl adjacent to an activating group) is 1. The average Bonchev–Trinajstić information content (AvgIpc) is 2.80. The molecule has 8 nitrogen and oxygen atoms in total. The summed E-state index contributed by atoms with van der Waals surface area (Å²) in [6.07, 6.45) is 13.3. The molecule has 1 aromatic rings. The average molecular weight is 432 g/mol. The molecule has 2 aliphatic heterocycles. The Morgan fingerprint density at radius 2 is 2.07 bits per heavy atom. The van der Waals surface area contributed by atoms with E-state index in [4.69, 9.17) is 21.1 Å². The Bertz CT molecular complexity index is 944. The highest BCUT2D eigenvalue weighted by Gasteiger charge is 2.23. The lowest BCUT2D eigenvalue weighted by molar-refractivity contribution is 0.0857. The van der Waals surface area contributed by atoms with Gasteiger partial charge in [0.15, 0.2) is 12.0 Å². The van der Waals surface area contributed by atoms with Crippen molar-refractivity contribution in [2.24, 2.45) is 0 Å². The molecule has 3 heterocycles. The van der Waals surface area contributed by atoms with Crippen molar-refractivity contribution in [3.63, 3.8) is 0 Å². The van der Waals surface area contributed by atoms with Gasteiger partial charge in [0.1, 0.15) is 11.3 Å². The highest BCUT2D eigenvalue weighted by atomic mass is 35.5. The zero-order valence-electron chi connectivity index (χ0n) is 17.0. The van der Waals surface area contributed by atoms with Gasteiger partial charge in [-0.3, -0.25) is 9.69 Å². The molecule has 0 saturated carbocycles. The van der Waals surface area contributed by atoms with Crippen LogP contribution < -0.4 is 10.5 Å². The molecule has 0 atom stereocenters. The number of anilines is 1. The second kappa shape index (κ2) is 9.40. The van der Waals surface area contributed by atoms with Gasteiger partial charge < -0.3 is 19.3 Å². The van der Waals surface area contributed by atoms with E-state index in [9.17, 15) is 4.79 Å². The van der Waals surface area contributed by atoms with E-state index >= 15 is 0 Å². The Kier molecular flexibility index (Phi) is 6.44. The van der Waals surface area contributed by atoms with Gasteiger partial charge in [0.05, 0.1) is 11.9 Å². The van der Waals surface area contributed by atoms with Crippen molar-refractivity contribution in [3.05, 3.63) is 69.5 Å². The van der Waals surface area contributed by atoms with Crippen LogP contribution in [0.1, 0.15) is 12.8 Å². The summed E-state index contributed by atoms with van der Waals surface area (Å²) in [6.45, 7) is 5.19. The topological polar surface area (TPSA) is 73.9 Å². The summed E-state index contributed by atoms with van der Waals surface area (Å²) in [4.78, 5) is 18.1. The number of halogens is 1. The fraction of sp³-hybridized carbons (Fsp3) is 0.429. The molecule has 0 aromatic carbocycles. The Hall–Kier alpha value is -2.71. The summed E-state index contributed by atoms with van der Waals surface area (Å²) in [7, 11) is 1.91. The maximum atomic E-state index is 11.6. The van der Waals surface area contributed by atoms with E-state index in [1.54, 1.807) is 18.7 Å². The molecule has 1 aromatic heterocycles. The molecule has 4 rings (SSSR count). The van der Waals surface area contributed by atoms with Crippen molar-refractivity contribution >= 4 is 17.3 Å². The second-order valence-corrected chi connectivity index (χ2v) is 7.86. The van der Waals surface area contributed by atoms with Gasteiger partial charge in [-0.15, -0.1) is 0 Å². The van der Waals surface area contributed by atoms with Crippen molar-refractivity contribution in [2.75, 3.05) is 51.2 Å². The molecule has 1 saturated heterocycles. The molecule has 0 spiro atoms. The predicted molar refractivity (Wildman–Crippen MR) is 116 cm³/mol. The van der Waals surface area contributed by atoms with Crippen LogP contribution in [0.4, 0.5) is 5.69 Å². The van der Waals surface area contributed by atoms with E-state index in [1.807, 2.05) is 11.9 Å². The largest absolute Gasteiger partial charge is 0.456 e. The molecular formula is C21H26ClN5O3. The van der Waals surface area contributed by atoms with Gasteiger partial charge in [-0.05, 0) is 18.4 Å². The predicted octanol–water partition coefficient (Wildman–Crippen LogP) is 2.44. The Labute approximate surface area is 180 Å². The molecule has 1 aliphatic carbocycles. The molecule has 0 bridgehead atoms. The summed E-state index contributed by atoms with van der Waals surface area (Å²) < 4.78 is 11.7. The number of nitrogens with one attached hydrogen (secondary N) is 1. The van der Waals surface area contributed by atoms with Crippen LogP contribution in [-0.2, 0) is 9.47 Å². The normalized spacial score (nSPS) is 19.4. The fourth-order valence-corrected chi connectivity index (χ4v) is 3.87. The lowest BCUT2D eigenvalue weighted by Crippen LogP contribution is -2.48. The summed E-state index contributed by atoms with van der Waals surface area (Å²) in [5.74, 6) is 1.54. The molecule has 0 amide bonds. The summed E-state index contributed by atoms with van der Waals surface area (Å²) in [6, 6.07) is 0. The molecule has 9 heteroatoms. The minimum absolute atomic E-state index is 0.172. The van der Waals surface area contributed by atoms with Gasteiger partial charge in [-0.1, -0.05) is 29.8 Å². The smallest absolute Gasteiger partial charge is 0.285 e. The van der Waals surface area contributed by atoms with Gasteiger partial charge in [-0.2, -0.15) is 5.10 Å². The van der Waals surface area contributed by atoms with Gasteiger partial charge in [0.25, 0.3) is 5.56 Å². The Morgan fingerprint density at radius 3 is 2.77 bits per heavy atom. The van der Waals surface area contributed by atoms with Crippen LogP contribution in [0.15, 0.2) is 59.0 Å². The van der Waals surface area contributed by atoms with E-state index in [2.05, 4.69) is 38.2 Å². The first-order valence-electron chi connectivity index (χ1n) is 10.1. The number of piperazine rings is 1. The third kappa shape index (κ3) is 4.71. The molecule has 1 N–H and O–H groups in total. The van der Waals surface area contributed by atoms with Crippen molar-refractivity contribution in [1.82, 2.24) is 20.0 Å². The van der Waals surface area contributed by atoms with Gasteiger partial charge in [0.2, 0.25) is 5.88 Å². The molecule has 3 aliphatic rings. The number of rotatable bonds is 6. The number of hydrogen-bond acceptors (Lipinski definition) is 7. The third-order valence-corrected chi connectivity index (χ3v) is 5.89. The van der Waals surface area contributed by atoms with Gasteiger partial charge in [0, 0.05) is 46.3 Å². The van der Waals surface area contributed by atoms with E-state index in [-0.39, 0.29) is 10.6 Å². The maximum Gasteiger partial charge on any atom is 0.285 e. The van der Waals surface area contributed by atoms with Crippen molar-refractivity contribution in [1.29, 1.82) is 0 Å². The van der Waals surface area contributed by atoms with E-state index in [0.717, 1.165) is 69.3 Å². The van der Waals surface area contributed by atoms with Gasteiger partial charge >= 0.3 is 0 Å². The quantitative estimate of drug-likeness (QED) is 0.741. The number of H-pyrrole nitrogens is 1. The maximum absolute atomic E-state index is 11.6. The number of aromatic nitrogens is 2. The highest BCUT2D eigenvalue weighted by Crippen LogP contribution is 2.26. The molecule has 160 valence electrons. The molecule has 1 fully saturated rings. The highest BCUT2D eigenvalue weighted by molar-refractivity contribution is 6.32. The lowest BCUT2D eigenvalue weighted by Gasteiger charge is -2.37. The zero-order chi connectivity index (χ0) is 20.9. The van der Waals surface area contributed by atoms with Crippen LogP contribution in [0, 0.1) is 0 Å². The van der Waals surface area contributed by atoms with Crippen LogP contribution >= 0.6 is 11.6 Å². The molecule has 0 radical (unpaired) electrons. The zero-order valence-corrected chi connectivity index (χ0v) is 17.8. The number of allylic oxidation sites excluding steroid dienone is 4. The molecular weight excluding hydrogens is 406 g/mol. The molecule has 30 heavy (non-hydrogen) atoms. The number of hydrogen-bond donors (Lipinski definition) is 1. The molecule has 0 unspecified atom stereocenters. The van der Waals surface area contributed by atoms with Gasteiger partial charge in [-0.25, -0.2) is 5.10 Å². The van der Waals surface area contributed by atoms with Crippen LogP contribution in [0.3, 0.4) is 0 Å². The number of ether oxygens (including phenoxy) is 2. The van der Waals surface area contributed by atoms with E-state index in [0.29, 0.717) is 5.69 Å². The summed E-state index contributed by atoms with van der Waals surface area (Å²) in [5, 5.41) is 6.34. The Balaban J connectivity index is 1.23. The van der Waals surface area contributed by atoms with Crippen LogP contribution in [0.2, 0.25) is 5.02 Å². The minimum Gasteiger partial charge on any atom is -0.456 e. The fourth-order valence-electron chi connectivity index (χ4n) is 3.64. The Morgan fingerprint density at radius 1 is 1.23 bits per heavy atom. The van der Waals surface area contributed by atoms with Crippen molar-refractivity contribution in [3.8, 4) is 0 Å². The lowest BCUT2D eigenvalue weighted by atomic mass is 10.0. The van der Waals surface area contributed by atoms with Crippen molar-refractivity contribution in [2.45, 2.75) is 12.8 Å². The number of nitrogens with zero attached hydrogens (tertiary/aromatic N) is 4. The van der Waals surface area contributed by atoms with Crippen LogP contribution in [0.25, 0.3) is 0 Å². The first-order valence-corrected chi connectivity index (χ1v) is 10.5. The standard InChI is InChI=1S/C21H26ClN5O3/c1-25(17-13-23-24-21(28)20(17)22)7-8-26-9-11-27(12-10-26)19-15-29-18(14-30-19)16-5-3-2-4-6-16/h2-3,5,13-15H,4,6-12H2,1H3,(H,24,28). The van der Waals surface area contributed by atoms with Crippen LogP contribution in [-0.4, -0.2) is 66.3 Å².